The Morgan fingerprint density at radius 1 is 0.868 bits per heavy atom. The van der Waals surface area contributed by atoms with E-state index in [1.807, 2.05) is 24.3 Å². The van der Waals surface area contributed by atoms with Crippen molar-refractivity contribution in [1.29, 1.82) is 0 Å². The van der Waals surface area contributed by atoms with E-state index in [0.29, 0.717) is 23.3 Å². The first-order valence-electron chi connectivity index (χ1n) is 11.6. The Hall–Kier alpha value is -4.97. The van der Waals surface area contributed by atoms with Crippen LogP contribution >= 0.6 is 0 Å². The molecular formula is C26H23N7O4S. The van der Waals surface area contributed by atoms with E-state index in [1.54, 1.807) is 42.7 Å². The largest absolute Gasteiger partial charge is 0.379 e. The number of hydrogen-bond acceptors (Lipinski definition) is 8. The minimum absolute atomic E-state index is 0.0116. The van der Waals surface area contributed by atoms with Gasteiger partial charge in [0.2, 0.25) is 5.95 Å². The highest BCUT2D eigenvalue weighted by Crippen LogP contribution is 2.24. The fraction of sp³-hybridized carbons (Fsp3) is 0.0769. The lowest BCUT2D eigenvalue weighted by Gasteiger charge is -2.09. The van der Waals surface area contributed by atoms with Crippen LogP contribution in [0.15, 0.2) is 96.2 Å². The summed E-state index contributed by atoms with van der Waals surface area (Å²) >= 11 is 0. The number of aromatic amines is 1. The topological polar surface area (TPSA) is 151 Å². The number of carbonyl (C=O) groups is 1. The average Bonchev–Trinajstić information content (AvgIpc) is 3.33. The second-order valence-electron chi connectivity index (χ2n) is 8.13. The summed E-state index contributed by atoms with van der Waals surface area (Å²) in [6, 6.07) is 21.4. The third kappa shape index (κ3) is 6.23. The van der Waals surface area contributed by atoms with E-state index >= 15 is 0 Å². The summed E-state index contributed by atoms with van der Waals surface area (Å²) in [6.45, 7) is 0.764. The van der Waals surface area contributed by atoms with Gasteiger partial charge in [-0.05, 0) is 60.7 Å². The normalized spacial score (nSPS) is 11.2. The number of amides is 2. The van der Waals surface area contributed by atoms with Crippen LogP contribution in [-0.2, 0) is 23.2 Å². The summed E-state index contributed by atoms with van der Waals surface area (Å²) in [7, 11) is -4.07. The van der Waals surface area contributed by atoms with Gasteiger partial charge in [0, 0.05) is 24.1 Å². The van der Waals surface area contributed by atoms with E-state index in [-0.39, 0.29) is 23.1 Å². The Morgan fingerprint density at radius 2 is 1.58 bits per heavy atom. The number of imidazole rings is 1. The van der Waals surface area contributed by atoms with Crippen molar-refractivity contribution in [1.82, 2.24) is 25.3 Å². The van der Waals surface area contributed by atoms with Crippen LogP contribution < -0.4 is 20.1 Å². The predicted octanol–water partition coefficient (Wildman–Crippen LogP) is 4.05. The maximum Gasteiger partial charge on any atom is 0.339 e. The molecule has 4 N–H and O–H groups in total. The fourth-order valence-corrected chi connectivity index (χ4v) is 4.46. The molecule has 12 heteroatoms. The molecule has 5 aromatic rings. The zero-order valence-electron chi connectivity index (χ0n) is 20.0. The van der Waals surface area contributed by atoms with Crippen LogP contribution in [0.25, 0.3) is 11.0 Å². The van der Waals surface area contributed by atoms with Crippen LogP contribution in [0.1, 0.15) is 11.4 Å². The number of hydrogen-bond donors (Lipinski definition) is 4. The van der Waals surface area contributed by atoms with Crippen LogP contribution in [0, 0.1) is 0 Å². The highest BCUT2D eigenvalue weighted by Gasteiger charge is 2.17. The molecule has 11 nitrogen and oxygen atoms in total. The van der Waals surface area contributed by atoms with Crippen molar-refractivity contribution in [3.05, 3.63) is 103 Å². The number of rotatable bonds is 9. The number of H-pyrrole nitrogens is 1. The smallest absolute Gasteiger partial charge is 0.339 e. The molecular weight excluding hydrogens is 506 g/mol. The van der Waals surface area contributed by atoms with Gasteiger partial charge in [-0.3, -0.25) is 15.3 Å². The third-order valence-corrected chi connectivity index (χ3v) is 6.65. The molecule has 0 aliphatic heterocycles. The van der Waals surface area contributed by atoms with Crippen LogP contribution in [0.4, 0.5) is 16.4 Å². The lowest BCUT2D eigenvalue weighted by Crippen LogP contribution is -2.28. The number of benzene rings is 2. The van der Waals surface area contributed by atoms with E-state index in [9.17, 15) is 13.2 Å². The molecule has 0 atom stereocenters. The Morgan fingerprint density at radius 3 is 2.26 bits per heavy atom. The molecule has 0 saturated carbocycles. The standard InChI is InChI=1S/C26H23N7O4S/c34-26(30-17-20-6-2-4-14-28-20)33-25-31-23-12-9-21(15-24(23)32-25)37-38(35,36)22-10-7-18(8-11-22)29-16-19-5-1-3-13-27-19/h1-15,29H,16-17H2,(H3,30,31,32,33,34). The molecule has 0 unspecified atom stereocenters. The highest BCUT2D eigenvalue weighted by molar-refractivity contribution is 7.87. The average molecular weight is 530 g/mol. The summed E-state index contributed by atoms with van der Waals surface area (Å²) < 4.78 is 31.0. The monoisotopic (exact) mass is 529 g/mol. The van der Waals surface area contributed by atoms with Gasteiger partial charge in [-0.2, -0.15) is 8.42 Å². The van der Waals surface area contributed by atoms with Crippen molar-refractivity contribution in [3.63, 3.8) is 0 Å². The maximum atomic E-state index is 12.8. The summed E-state index contributed by atoms with van der Waals surface area (Å²) in [5.41, 5.74) is 3.35. The minimum Gasteiger partial charge on any atom is -0.379 e. The van der Waals surface area contributed by atoms with Gasteiger partial charge in [0.05, 0.1) is 35.5 Å². The van der Waals surface area contributed by atoms with Gasteiger partial charge in [-0.1, -0.05) is 12.1 Å². The Balaban J connectivity index is 1.20. The molecule has 0 radical (unpaired) electrons. The number of fused-ring (bicyclic) bond motifs is 1. The zero-order chi connectivity index (χ0) is 26.4. The van der Waals surface area contributed by atoms with Gasteiger partial charge >= 0.3 is 16.1 Å². The zero-order valence-corrected chi connectivity index (χ0v) is 20.8. The maximum absolute atomic E-state index is 12.8. The SMILES string of the molecule is O=C(NCc1ccccn1)Nc1nc2ccc(OS(=O)(=O)c3ccc(NCc4ccccn4)cc3)cc2[nH]1. The van der Waals surface area contributed by atoms with Crippen LogP contribution in [-0.4, -0.2) is 34.4 Å². The first-order valence-corrected chi connectivity index (χ1v) is 13.0. The van der Waals surface area contributed by atoms with E-state index in [1.165, 1.54) is 24.3 Å². The fourth-order valence-electron chi connectivity index (χ4n) is 3.53. The molecule has 0 aliphatic carbocycles. The molecule has 38 heavy (non-hydrogen) atoms. The molecule has 3 aromatic heterocycles. The predicted molar refractivity (Wildman–Crippen MR) is 142 cm³/mol. The van der Waals surface area contributed by atoms with Crippen LogP contribution in [0.2, 0.25) is 0 Å². The molecule has 3 heterocycles. The van der Waals surface area contributed by atoms with Gasteiger partial charge in [-0.25, -0.2) is 9.78 Å². The molecule has 192 valence electrons. The Bertz CT molecular complexity index is 1640. The number of nitrogens with zero attached hydrogens (tertiary/aromatic N) is 3. The molecule has 0 bridgehead atoms. The highest BCUT2D eigenvalue weighted by atomic mass is 32.2. The van der Waals surface area contributed by atoms with E-state index in [0.717, 1.165) is 11.4 Å². The number of anilines is 2. The molecule has 0 fully saturated rings. The van der Waals surface area contributed by atoms with Gasteiger partial charge in [0.1, 0.15) is 10.6 Å². The summed E-state index contributed by atoms with van der Waals surface area (Å²) in [5, 5.41) is 8.49. The summed E-state index contributed by atoms with van der Waals surface area (Å²) in [4.78, 5) is 27.8. The van der Waals surface area contributed by atoms with Gasteiger partial charge in [0.15, 0.2) is 0 Å². The van der Waals surface area contributed by atoms with Crippen molar-refractivity contribution in [2.75, 3.05) is 10.6 Å². The second kappa shape index (κ2) is 11.0. The van der Waals surface area contributed by atoms with E-state index in [2.05, 4.69) is 35.9 Å². The lowest BCUT2D eigenvalue weighted by molar-refractivity contribution is 0.251. The van der Waals surface area contributed by atoms with E-state index in [4.69, 9.17) is 4.18 Å². The first-order chi connectivity index (χ1) is 18.4. The number of pyridine rings is 2. The summed E-state index contributed by atoms with van der Waals surface area (Å²) in [6.07, 6.45) is 3.36. The first kappa shape index (κ1) is 24.7. The van der Waals surface area contributed by atoms with Crippen molar-refractivity contribution < 1.29 is 17.4 Å². The molecule has 0 spiro atoms. The van der Waals surface area contributed by atoms with Crippen molar-refractivity contribution in [2.24, 2.45) is 0 Å². The molecule has 0 aliphatic rings. The number of nitrogens with one attached hydrogen (secondary N) is 4. The third-order valence-electron chi connectivity index (χ3n) is 5.39. The quantitative estimate of drug-likeness (QED) is 0.209. The van der Waals surface area contributed by atoms with Gasteiger partial charge in [-0.15, -0.1) is 0 Å². The molecule has 2 amide bonds. The number of urea groups is 1. The molecule has 0 saturated heterocycles. The van der Waals surface area contributed by atoms with E-state index < -0.39 is 16.1 Å². The lowest BCUT2D eigenvalue weighted by atomic mass is 10.3. The Labute approximate surface area is 218 Å². The number of carbonyl (C=O) groups excluding carboxylic acids is 1. The van der Waals surface area contributed by atoms with Crippen molar-refractivity contribution in [2.45, 2.75) is 18.0 Å². The van der Waals surface area contributed by atoms with Gasteiger partial charge < -0.3 is 19.8 Å². The Kier molecular flexibility index (Phi) is 7.13. The van der Waals surface area contributed by atoms with Crippen LogP contribution in [0.5, 0.6) is 5.75 Å². The molecule has 2 aromatic carbocycles. The van der Waals surface area contributed by atoms with Crippen LogP contribution in [0.3, 0.4) is 0 Å². The second-order valence-corrected chi connectivity index (χ2v) is 9.68. The van der Waals surface area contributed by atoms with Crippen molar-refractivity contribution in [3.8, 4) is 5.75 Å². The molecule has 5 rings (SSSR count). The minimum atomic E-state index is -4.07. The number of aromatic nitrogens is 4. The van der Waals surface area contributed by atoms with Gasteiger partial charge in [0.25, 0.3) is 0 Å². The van der Waals surface area contributed by atoms with Crippen molar-refractivity contribution >= 4 is 38.8 Å². The summed E-state index contributed by atoms with van der Waals surface area (Å²) in [5.74, 6) is 0.303.